The quantitative estimate of drug-likeness (QED) is 0.409. The van der Waals surface area contributed by atoms with Gasteiger partial charge in [0, 0.05) is 35.4 Å². The molecule has 0 saturated carbocycles. The lowest BCUT2D eigenvalue weighted by Crippen LogP contribution is -2.58. The second-order valence-corrected chi connectivity index (χ2v) is 14.9. The molecule has 234 valence electrons. The SMILES string of the molecule is CC(C)(C)OC(=O)C[C@@H](/C=C/S(C)(=O)=O)NC(=O)[C@H]1CCCN1C(=O)[C@@H](NC(=O)c1ccc2ncccc2c1)C(C)(C)C. The number of fused-ring (bicyclic) bond motifs is 1. The molecule has 3 amide bonds. The van der Waals surface area contributed by atoms with Crippen molar-refractivity contribution in [2.45, 2.75) is 84.5 Å². The molecule has 1 aliphatic heterocycles. The molecule has 2 heterocycles. The number of esters is 1. The highest BCUT2D eigenvalue weighted by molar-refractivity contribution is 7.93. The van der Waals surface area contributed by atoms with Crippen LogP contribution in [0.4, 0.5) is 0 Å². The first-order chi connectivity index (χ1) is 19.8. The van der Waals surface area contributed by atoms with Crippen molar-refractivity contribution in [3.8, 4) is 0 Å². The van der Waals surface area contributed by atoms with Crippen molar-refractivity contribution in [2.24, 2.45) is 5.41 Å². The number of amides is 3. The summed E-state index contributed by atoms with van der Waals surface area (Å²) in [6.07, 6.45) is 4.54. The van der Waals surface area contributed by atoms with Crippen molar-refractivity contribution < 1.29 is 32.3 Å². The van der Waals surface area contributed by atoms with Crippen LogP contribution in [-0.2, 0) is 29.0 Å². The van der Waals surface area contributed by atoms with E-state index in [0.717, 1.165) is 22.6 Å². The largest absolute Gasteiger partial charge is 0.460 e. The van der Waals surface area contributed by atoms with E-state index in [1.807, 2.05) is 26.8 Å². The summed E-state index contributed by atoms with van der Waals surface area (Å²) in [7, 11) is -3.54. The summed E-state index contributed by atoms with van der Waals surface area (Å²) in [5.41, 5.74) is -0.339. The number of ether oxygens (including phenoxy) is 1. The molecule has 3 rings (SSSR count). The molecule has 1 aromatic heterocycles. The smallest absolute Gasteiger partial charge is 0.308 e. The van der Waals surface area contributed by atoms with Crippen LogP contribution in [-0.4, -0.2) is 78.5 Å². The molecule has 3 atom stereocenters. The van der Waals surface area contributed by atoms with Crippen LogP contribution in [0, 0.1) is 5.41 Å². The fraction of sp³-hybridized carbons (Fsp3) is 0.516. The first-order valence-electron chi connectivity index (χ1n) is 14.2. The summed E-state index contributed by atoms with van der Waals surface area (Å²) >= 11 is 0. The number of nitrogens with zero attached hydrogens (tertiary/aromatic N) is 2. The molecule has 12 heteroatoms. The van der Waals surface area contributed by atoms with Crippen LogP contribution in [0.15, 0.2) is 48.0 Å². The van der Waals surface area contributed by atoms with E-state index in [1.165, 1.54) is 11.0 Å². The number of carbonyl (C=O) groups excluding carboxylic acids is 4. The van der Waals surface area contributed by atoms with E-state index in [1.54, 1.807) is 51.2 Å². The Hall–Kier alpha value is -3.80. The van der Waals surface area contributed by atoms with E-state index in [0.29, 0.717) is 24.9 Å². The molecule has 0 spiro atoms. The molecule has 1 aromatic carbocycles. The van der Waals surface area contributed by atoms with Gasteiger partial charge in [-0.15, -0.1) is 0 Å². The maximum absolute atomic E-state index is 13.9. The third-order valence-electron chi connectivity index (χ3n) is 6.78. The Morgan fingerprint density at radius 3 is 2.42 bits per heavy atom. The van der Waals surface area contributed by atoms with Crippen molar-refractivity contribution in [1.29, 1.82) is 0 Å². The molecular weight excluding hydrogens is 572 g/mol. The number of aromatic nitrogens is 1. The van der Waals surface area contributed by atoms with Gasteiger partial charge in [-0.25, -0.2) is 8.42 Å². The molecule has 0 unspecified atom stereocenters. The number of carbonyl (C=O) groups is 4. The van der Waals surface area contributed by atoms with Gasteiger partial charge in [-0.2, -0.15) is 0 Å². The molecule has 2 N–H and O–H groups in total. The van der Waals surface area contributed by atoms with E-state index >= 15 is 0 Å². The van der Waals surface area contributed by atoms with Crippen LogP contribution in [0.2, 0.25) is 0 Å². The predicted octanol–water partition coefficient (Wildman–Crippen LogP) is 3.15. The molecule has 0 aliphatic carbocycles. The number of hydrogen-bond donors (Lipinski definition) is 2. The highest BCUT2D eigenvalue weighted by Gasteiger charge is 2.42. The lowest BCUT2D eigenvalue weighted by Gasteiger charge is -2.35. The second kappa shape index (κ2) is 13.2. The summed E-state index contributed by atoms with van der Waals surface area (Å²) in [6, 6.07) is 5.94. The minimum absolute atomic E-state index is 0.294. The zero-order valence-corrected chi connectivity index (χ0v) is 26.7. The molecule has 1 aliphatic rings. The molecule has 11 nitrogen and oxygen atoms in total. The van der Waals surface area contributed by atoms with Gasteiger partial charge >= 0.3 is 5.97 Å². The normalized spacial score (nSPS) is 17.5. The number of hydrogen-bond acceptors (Lipinski definition) is 8. The van der Waals surface area contributed by atoms with E-state index < -0.39 is 62.7 Å². The lowest BCUT2D eigenvalue weighted by molar-refractivity contribution is -0.155. The molecule has 0 bridgehead atoms. The molecule has 1 saturated heterocycles. The van der Waals surface area contributed by atoms with Gasteiger partial charge in [-0.1, -0.05) is 32.9 Å². The third-order valence-corrected chi connectivity index (χ3v) is 7.44. The van der Waals surface area contributed by atoms with Gasteiger partial charge < -0.3 is 20.3 Å². The summed E-state index contributed by atoms with van der Waals surface area (Å²) in [4.78, 5) is 58.9. The summed E-state index contributed by atoms with van der Waals surface area (Å²) in [5.74, 6) is -1.98. The summed E-state index contributed by atoms with van der Waals surface area (Å²) in [6.45, 7) is 10.9. The topological polar surface area (TPSA) is 152 Å². The predicted molar refractivity (Wildman–Crippen MR) is 164 cm³/mol. The minimum atomic E-state index is -3.54. The highest BCUT2D eigenvalue weighted by Crippen LogP contribution is 2.27. The lowest BCUT2D eigenvalue weighted by atomic mass is 9.85. The van der Waals surface area contributed by atoms with Crippen LogP contribution >= 0.6 is 0 Å². The van der Waals surface area contributed by atoms with Crippen LogP contribution in [0.5, 0.6) is 0 Å². The van der Waals surface area contributed by atoms with Crippen LogP contribution in [0.1, 0.15) is 71.2 Å². The van der Waals surface area contributed by atoms with Crippen LogP contribution in [0.3, 0.4) is 0 Å². The Morgan fingerprint density at radius 1 is 1.09 bits per heavy atom. The van der Waals surface area contributed by atoms with E-state index in [9.17, 15) is 27.6 Å². The van der Waals surface area contributed by atoms with Crippen LogP contribution in [0.25, 0.3) is 10.9 Å². The Bertz CT molecular complexity index is 1510. The monoisotopic (exact) mass is 614 g/mol. The Morgan fingerprint density at radius 2 is 1.79 bits per heavy atom. The zero-order chi connectivity index (χ0) is 32.2. The number of pyridine rings is 1. The molecule has 2 aromatic rings. The van der Waals surface area contributed by atoms with Crippen molar-refractivity contribution in [3.05, 3.63) is 53.6 Å². The molecule has 43 heavy (non-hydrogen) atoms. The summed E-state index contributed by atoms with van der Waals surface area (Å²) < 4.78 is 28.9. The maximum Gasteiger partial charge on any atom is 0.308 e. The van der Waals surface area contributed by atoms with Crippen molar-refractivity contribution in [3.63, 3.8) is 0 Å². The average Bonchev–Trinajstić information content (AvgIpc) is 3.37. The number of benzene rings is 1. The second-order valence-electron chi connectivity index (χ2n) is 12.9. The Kier molecular flexibility index (Phi) is 10.4. The van der Waals surface area contributed by atoms with E-state index in [2.05, 4.69) is 15.6 Å². The Balaban J connectivity index is 1.79. The molecule has 1 fully saturated rings. The van der Waals surface area contributed by atoms with E-state index in [4.69, 9.17) is 4.74 Å². The minimum Gasteiger partial charge on any atom is -0.460 e. The Labute approximate surface area is 253 Å². The number of sulfone groups is 1. The summed E-state index contributed by atoms with van der Waals surface area (Å²) in [5, 5.41) is 7.31. The third kappa shape index (κ3) is 9.87. The van der Waals surface area contributed by atoms with Crippen LogP contribution < -0.4 is 10.6 Å². The van der Waals surface area contributed by atoms with Crippen molar-refractivity contribution in [1.82, 2.24) is 20.5 Å². The number of rotatable bonds is 9. The van der Waals surface area contributed by atoms with Gasteiger partial charge in [-0.05, 0) is 63.3 Å². The standard InChI is InChI=1S/C31H42N4O7S/c1-30(2,3)26(34-27(37)21-12-13-23-20(18-21)10-8-15-32-23)29(39)35-16-9-11-24(35)28(38)33-22(14-17-43(7,40)41)19-25(36)42-31(4,5)6/h8,10,12-15,17-18,22,24,26H,9,11,16,19H2,1-7H3,(H,33,38)(H,34,37)/b17-14+/t22-,24-,26-/m1/s1. The van der Waals surface area contributed by atoms with E-state index in [-0.39, 0.29) is 6.42 Å². The van der Waals surface area contributed by atoms with Gasteiger partial charge in [0.25, 0.3) is 5.91 Å². The van der Waals surface area contributed by atoms with Gasteiger partial charge in [0.2, 0.25) is 11.8 Å². The highest BCUT2D eigenvalue weighted by atomic mass is 32.2. The van der Waals surface area contributed by atoms with Gasteiger partial charge in [-0.3, -0.25) is 24.2 Å². The number of likely N-dealkylation sites (tertiary alicyclic amines) is 1. The average molecular weight is 615 g/mol. The van der Waals surface area contributed by atoms with Crippen molar-refractivity contribution in [2.75, 3.05) is 12.8 Å². The fourth-order valence-corrected chi connectivity index (χ4v) is 5.27. The number of nitrogens with one attached hydrogen (secondary N) is 2. The first-order valence-corrected chi connectivity index (χ1v) is 16.2. The molecule has 0 radical (unpaired) electrons. The van der Waals surface area contributed by atoms with Gasteiger partial charge in [0.1, 0.15) is 17.7 Å². The maximum atomic E-state index is 13.9. The fourth-order valence-electron chi connectivity index (χ4n) is 4.80. The zero-order valence-electron chi connectivity index (χ0n) is 25.8. The van der Waals surface area contributed by atoms with Crippen molar-refractivity contribution >= 4 is 44.4 Å². The van der Waals surface area contributed by atoms with Gasteiger partial charge in [0.15, 0.2) is 9.84 Å². The van der Waals surface area contributed by atoms with Gasteiger partial charge in [0.05, 0.1) is 18.0 Å². The molecular formula is C31H42N4O7S. The first kappa shape index (κ1) is 33.7.